The number of amides is 1. The number of anilines is 1. The van der Waals surface area contributed by atoms with Crippen LogP contribution < -0.4 is 5.32 Å². The largest absolute Gasteiger partial charge is 0.374 e. The van der Waals surface area contributed by atoms with Crippen LogP contribution >= 0.6 is 0 Å². The van der Waals surface area contributed by atoms with E-state index in [-0.39, 0.29) is 30.0 Å². The standard InChI is InChI=1S/C16H20N2O2/c1-9-6-5-7-14(13(9)8-17)18-16(19)15-10(2)11(3)20-12(15)4/h5-7,10-12,15H,1-4H3,(H,18,19). The van der Waals surface area contributed by atoms with Crippen molar-refractivity contribution in [3.63, 3.8) is 0 Å². The third kappa shape index (κ3) is 2.54. The van der Waals surface area contributed by atoms with Crippen LogP contribution in [0.3, 0.4) is 0 Å². The normalized spacial score (nSPS) is 28.9. The van der Waals surface area contributed by atoms with E-state index >= 15 is 0 Å². The third-order valence-corrected chi connectivity index (χ3v) is 4.19. The molecule has 0 spiro atoms. The van der Waals surface area contributed by atoms with E-state index < -0.39 is 0 Å². The van der Waals surface area contributed by atoms with Crippen LogP contribution in [0.5, 0.6) is 0 Å². The van der Waals surface area contributed by atoms with Crippen LogP contribution in [-0.4, -0.2) is 18.1 Å². The van der Waals surface area contributed by atoms with Gasteiger partial charge in [0.1, 0.15) is 6.07 Å². The number of nitriles is 1. The summed E-state index contributed by atoms with van der Waals surface area (Å²) in [5.74, 6) is -0.0890. The number of carbonyl (C=O) groups is 1. The Morgan fingerprint density at radius 1 is 1.30 bits per heavy atom. The summed E-state index contributed by atoms with van der Waals surface area (Å²) in [4.78, 5) is 12.5. The summed E-state index contributed by atoms with van der Waals surface area (Å²) in [5, 5.41) is 12.1. The summed E-state index contributed by atoms with van der Waals surface area (Å²) >= 11 is 0. The van der Waals surface area contributed by atoms with Crippen molar-refractivity contribution in [2.75, 3.05) is 5.32 Å². The van der Waals surface area contributed by atoms with Crippen molar-refractivity contribution in [2.24, 2.45) is 11.8 Å². The Morgan fingerprint density at radius 2 is 2.00 bits per heavy atom. The lowest BCUT2D eigenvalue weighted by Gasteiger charge is -2.18. The first-order valence-electron chi connectivity index (χ1n) is 6.91. The molecule has 4 heteroatoms. The molecule has 20 heavy (non-hydrogen) atoms. The molecular formula is C16H20N2O2. The fourth-order valence-electron chi connectivity index (χ4n) is 2.85. The Balaban J connectivity index is 2.21. The lowest BCUT2D eigenvalue weighted by molar-refractivity contribution is -0.121. The van der Waals surface area contributed by atoms with Gasteiger partial charge in [-0.1, -0.05) is 19.1 Å². The highest BCUT2D eigenvalue weighted by Gasteiger charge is 2.41. The first-order valence-corrected chi connectivity index (χ1v) is 6.91. The number of hydrogen-bond donors (Lipinski definition) is 1. The van der Waals surface area contributed by atoms with Crippen molar-refractivity contribution in [1.29, 1.82) is 5.26 Å². The molecule has 106 valence electrons. The van der Waals surface area contributed by atoms with Crippen LogP contribution in [0.2, 0.25) is 0 Å². The van der Waals surface area contributed by atoms with E-state index in [1.165, 1.54) is 0 Å². The molecule has 1 amide bonds. The highest BCUT2D eigenvalue weighted by molar-refractivity contribution is 5.94. The molecule has 1 saturated heterocycles. The number of ether oxygens (including phenoxy) is 1. The molecule has 1 aromatic rings. The number of rotatable bonds is 2. The molecule has 1 N–H and O–H groups in total. The summed E-state index contributed by atoms with van der Waals surface area (Å²) < 4.78 is 5.70. The Bertz CT molecular complexity index is 562. The van der Waals surface area contributed by atoms with Gasteiger partial charge in [0.2, 0.25) is 5.91 Å². The molecule has 2 rings (SSSR count). The minimum Gasteiger partial charge on any atom is -0.374 e. The predicted molar refractivity (Wildman–Crippen MR) is 77.2 cm³/mol. The molecule has 0 aliphatic carbocycles. The average Bonchev–Trinajstić information content (AvgIpc) is 2.63. The minimum atomic E-state index is -0.183. The number of benzene rings is 1. The quantitative estimate of drug-likeness (QED) is 0.900. The molecule has 0 aromatic heterocycles. The zero-order chi connectivity index (χ0) is 14.9. The van der Waals surface area contributed by atoms with Gasteiger partial charge in [0.25, 0.3) is 0 Å². The van der Waals surface area contributed by atoms with Gasteiger partial charge in [-0.2, -0.15) is 5.26 Å². The molecule has 1 aliphatic rings. The van der Waals surface area contributed by atoms with Gasteiger partial charge < -0.3 is 10.1 Å². The van der Waals surface area contributed by atoms with Crippen molar-refractivity contribution in [3.8, 4) is 6.07 Å². The molecule has 1 aromatic carbocycles. The van der Waals surface area contributed by atoms with E-state index in [1.807, 2.05) is 39.8 Å². The number of hydrogen-bond acceptors (Lipinski definition) is 3. The zero-order valence-corrected chi connectivity index (χ0v) is 12.3. The highest BCUT2D eigenvalue weighted by Crippen LogP contribution is 2.33. The fraction of sp³-hybridized carbons (Fsp3) is 0.500. The van der Waals surface area contributed by atoms with E-state index in [2.05, 4.69) is 11.4 Å². The van der Waals surface area contributed by atoms with Gasteiger partial charge in [0, 0.05) is 0 Å². The summed E-state index contributed by atoms with van der Waals surface area (Å²) in [6.07, 6.45) is -0.0240. The highest BCUT2D eigenvalue weighted by atomic mass is 16.5. The Labute approximate surface area is 119 Å². The summed E-state index contributed by atoms with van der Waals surface area (Å²) in [6, 6.07) is 7.61. The monoisotopic (exact) mass is 272 g/mol. The van der Waals surface area contributed by atoms with Crippen LogP contribution in [0.4, 0.5) is 5.69 Å². The minimum absolute atomic E-state index is 0.0727. The molecular weight excluding hydrogens is 252 g/mol. The molecule has 1 fully saturated rings. The Morgan fingerprint density at radius 3 is 2.55 bits per heavy atom. The summed E-state index contributed by atoms with van der Waals surface area (Å²) in [5.41, 5.74) is 1.96. The van der Waals surface area contributed by atoms with Crippen molar-refractivity contribution in [3.05, 3.63) is 29.3 Å². The van der Waals surface area contributed by atoms with Gasteiger partial charge in [0.15, 0.2) is 0 Å². The Kier molecular flexibility index (Phi) is 4.10. The molecule has 1 heterocycles. The SMILES string of the molecule is Cc1cccc(NC(=O)C2C(C)OC(C)C2C)c1C#N. The van der Waals surface area contributed by atoms with Crippen molar-refractivity contribution in [2.45, 2.75) is 39.9 Å². The van der Waals surface area contributed by atoms with Crippen LogP contribution in [-0.2, 0) is 9.53 Å². The third-order valence-electron chi connectivity index (χ3n) is 4.19. The first-order chi connectivity index (χ1) is 9.45. The molecule has 0 radical (unpaired) electrons. The van der Waals surface area contributed by atoms with Gasteiger partial charge in [-0.25, -0.2) is 0 Å². The lowest BCUT2D eigenvalue weighted by Crippen LogP contribution is -2.32. The first kappa shape index (κ1) is 14.5. The van der Waals surface area contributed by atoms with Crippen LogP contribution in [0.25, 0.3) is 0 Å². The van der Waals surface area contributed by atoms with E-state index in [1.54, 1.807) is 6.07 Å². The van der Waals surface area contributed by atoms with Crippen molar-refractivity contribution >= 4 is 11.6 Å². The second kappa shape index (κ2) is 5.64. The maximum absolute atomic E-state index is 12.5. The van der Waals surface area contributed by atoms with E-state index in [4.69, 9.17) is 4.74 Å². The molecule has 1 aliphatic heterocycles. The number of nitrogens with one attached hydrogen (secondary N) is 1. The van der Waals surface area contributed by atoms with Gasteiger partial charge in [-0.15, -0.1) is 0 Å². The molecule has 0 saturated carbocycles. The zero-order valence-electron chi connectivity index (χ0n) is 12.3. The predicted octanol–water partition coefficient (Wildman–Crippen LogP) is 2.86. The Hall–Kier alpha value is -1.86. The van der Waals surface area contributed by atoms with Crippen molar-refractivity contribution in [1.82, 2.24) is 0 Å². The second-order valence-corrected chi connectivity index (χ2v) is 5.53. The second-order valence-electron chi connectivity index (χ2n) is 5.53. The number of carbonyl (C=O) groups excluding carboxylic acids is 1. The topological polar surface area (TPSA) is 62.1 Å². The van der Waals surface area contributed by atoms with E-state index in [0.717, 1.165) is 5.56 Å². The van der Waals surface area contributed by atoms with Gasteiger partial charge in [0.05, 0.1) is 29.4 Å². The smallest absolute Gasteiger partial charge is 0.230 e. The van der Waals surface area contributed by atoms with Crippen LogP contribution in [0, 0.1) is 30.1 Å². The van der Waals surface area contributed by atoms with Crippen LogP contribution in [0.1, 0.15) is 31.9 Å². The molecule has 4 unspecified atom stereocenters. The van der Waals surface area contributed by atoms with Crippen LogP contribution in [0.15, 0.2) is 18.2 Å². The number of nitrogens with zero attached hydrogens (tertiary/aromatic N) is 1. The van der Waals surface area contributed by atoms with E-state index in [0.29, 0.717) is 11.3 Å². The average molecular weight is 272 g/mol. The maximum atomic E-state index is 12.5. The maximum Gasteiger partial charge on any atom is 0.230 e. The van der Waals surface area contributed by atoms with Gasteiger partial charge >= 0.3 is 0 Å². The molecule has 4 nitrogen and oxygen atoms in total. The lowest BCUT2D eigenvalue weighted by atomic mass is 9.88. The van der Waals surface area contributed by atoms with Gasteiger partial charge in [-0.05, 0) is 38.3 Å². The molecule has 4 atom stereocenters. The van der Waals surface area contributed by atoms with Gasteiger partial charge in [-0.3, -0.25) is 4.79 Å². The number of aryl methyl sites for hydroxylation is 1. The summed E-state index contributed by atoms with van der Waals surface area (Å²) in [6.45, 7) is 7.80. The molecule has 0 bridgehead atoms. The summed E-state index contributed by atoms with van der Waals surface area (Å²) in [7, 11) is 0. The van der Waals surface area contributed by atoms with E-state index in [9.17, 15) is 10.1 Å². The van der Waals surface area contributed by atoms with Crippen molar-refractivity contribution < 1.29 is 9.53 Å². The fourth-order valence-corrected chi connectivity index (χ4v) is 2.85.